The minimum atomic E-state index is -0.107. The molecule has 92 valence electrons. The number of rotatable bonds is 2. The van der Waals surface area contributed by atoms with E-state index in [1.165, 1.54) is 23.0 Å². The number of primary amides is 1. The summed E-state index contributed by atoms with van der Waals surface area (Å²) in [6.07, 6.45) is 1.92. The minimum Gasteiger partial charge on any atom is -0.369 e. The zero-order chi connectivity index (χ0) is 11.4. The zero-order valence-electron chi connectivity index (χ0n) is 9.56. The Bertz CT molecular complexity index is 234. The molecule has 2 rings (SSSR count). The van der Waals surface area contributed by atoms with Crippen molar-refractivity contribution in [2.24, 2.45) is 11.7 Å². The molecule has 0 aromatic heterocycles. The van der Waals surface area contributed by atoms with E-state index in [1.54, 1.807) is 0 Å². The van der Waals surface area contributed by atoms with Gasteiger partial charge >= 0.3 is 0 Å². The Labute approximate surface area is 106 Å². The lowest BCUT2D eigenvalue weighted by Gasteiger charge is -2.36. The van der Waals surface area contributed by atoms with Crippen LogP contribution in [0.25, 0.3) is 0 Å². The van der Waals surface area contributed by atoms with Crippen LogP contribution in [0.2, 0.25) is 0 Å². The predicted octanol–water partition coefficient (Wildman–Crippen LogP) is 1.03. The normalized spacial score (nSPS) is 26.5. The number of piperidine rings is 1. The maximum absolute atomic E-state index is 11.1. The number of amides is 1. The van der Waals surface area contributed by atoms with Crippen LogP contribution in [0.15, 0.2) is 0 Å². The van der Waals surface area contributed by atoms with Crippen molar-refractivity contribution in [1.82, 2.24) is 4.90 Å². The fourth-order valence-corrected chi connectivity index (χ4v) is 4.99. The Hall–Kier alpha value is 0.130. The van der Waals surface area contributed by atoms with Crippen LogP contribution in [0.5, 0.6) is 0 Å². The first-order valence-electron chi connectivity index (χ1n) is 5.96. The molecule has 0 spiro atoms. The second-order valence-electron chi connectivity index (χ2n) is 4.52. The summed E-state index contributed by atoms with van der Waals surface area (Å²) in [6.45, 7) is 2.11. The Morgan fingerprint density at radius 2 is 1.69 bits per heavy atom. The molecule has 0 unspecified atom stereocenters. The highest BCUT2D eigenvalue weighted by molar-refractivity contribution is 8.03. The van der Waals surface area contributed by atoms with Crippen LogP contribution < -0.4 is 5.73 Å². The standard InChI is InChI=1S/C11H20N2OS2/c12-11(14)9-1-3-13(4-2-9)10-7-15-5-6-16-8-10/h9-10H,1-8H2,(H2,12,14). The van der Waals surface area contributed by atoms with Crippen molar-refractivity contribution < 1.29 is 4.79 Å². The number of thioether (sulfide) groups is 2. The lowest BCUT2D eigenvalue weighted by molar-refractivity contribution is -0.123. The number of hydrogen-bond donors (Lipinski definition) is 1. The summed E-state index contributed by atoms with van der Waals surface area (Å²) >= 11 is 4.14. The number of hydrogen-bond acceptors (Lipinski definition) is 4. The third-order valence-corrected chi connectivity index (χ3v) is 5.93. The molecule has 2 fully saturated rings. The predicted molar refractivity (Wildman–Crippen MR) is 71.9 cm³/mol. The van der Waals surface area contributed by atoms with E-state index in [2.05, 4.69) is 28.4 Å². The van der Waals surface area contributed by atoms with Crippen molar-refractivity contribution in [2.45, 2.75) is 18.9 Å². The first-order valence-corrected chi connectivity index (χ1v) is 8.27. The maximum Gasteiger partial charge on any atom is 0.220 e. The van der Waals surface area contributed by atoms with E-state index in [9.17, 15) is 4.79 Å². The van der Waals surface area contributed by atoms with Gasteiger partial charge in [-0.3, -0.25) is 9.69 Å². The first kappa shape index (κ1) is 12.6. The van der Waals surface area contributed by atoms with Gasteiger partial charge in [0.2, 0.25) is 5.91 Å². The van der Waals surface area contributed by atoms with Gasteiger partial charge in [-0.25, -0.2) is 0 Å². The van der Waals surface area contributed by atoms with Crippen LogP contribution in [0.3, 0.4) is 0 Å². The highest BCUT2D eigenvalue weighted by atomic mass is 32.2. The number of nitrogens with zero attached hydrogens (tertiary/aromatic N) is 1. The van der Waals surface area contributed by atoms with Crippen LogP contribution in [-0.2, 0) is 4.79 Å². The lowest BCUT2D eigenvalue weighted by Crippen LogP contribution is -2.45. The van der Waals surface area contributed by atoms with Crippen molar-refractivity contribution in [1.29, 1.82) is 0 Å². The molecule has 2 heterocycles. The van der Waals surface area contributed by atoms with Crippen LogP contribution >= 0.6 is 23.5 Å². The van der Waals surface area contributed by atoms with Crippen LogP contribution in [0.1, 0.15) is 12.8 Å². The molecule has 0 aliphatic carbocycles. The van der Waals surface area contributed by atoms with E-state index < -0.39 is 0 Å². The smallest absolute Gasteiger partial charge is 0.220 e. The van der Waals surface area contributed by atoms with Gasteiger partial charge in [-0.05, 0) is 25.9 Å². The summed E-state index contributed by atoms with van der Waals surface area (Å²) in [5, 5.41) is 0. The molecular formula is C11H20N2OS2. The Morgan fingerprint density at radius 3 is 2.19 bits per heavy atom. The minimum absolute atomic E-state index is 0.107. The van der Waals surface area contributed by atoms with Crippen molar-refractivity contribution in [3.8, 4) is 0 Å². The average Bonchev–Trinajstić information content (AvgIpc) is 2.57. The summed E-state index contributed by atoms with van der Waals surface area (Å²) in [7, 11) is 0. The third-order valence-electron chi connectivity index (χ3n) is 3.44. The Balaban J connectivity index is 1.81. The molecular weight excluding hydrogens is 240 g/mol. The average molecular weight is 260 g/mol. The summed E-state index contributed by atoms with van der Waals surface area (Å²) in [5.74, 6) is 5.12. The van der Waals surface area contributed by atoms with Gasteiger partial charge in [0.05, 0.1) is 0 Å². The number of carbonyl (C=O) groups is 1. The van der Waals surface area contributed by atoms with Gasteiger partial charge in [0.1, 0.15) is 0 Å². The first-order chi connectivity index (χ1) is 7.77. The largest absolute Gasteiger partial charge is 0.369 e. The van der Waals surface area contributed by atoms with Gasteiger partial charge in [0, 0.05) is 35.0 Å². The highest BCUT2D eigenvalue weighted by Crippen LogP contribution is 2.24. The maximum atomic E-state index is 11.1. The number of nitrogens with two attached hydrogens (primary N) is 1. The molecule has 0 radical (unpaired) electrons. The van der Waals surface area contributed by atoms with E-state index in [-0.39, 0.29) is 11.8 Å². The molecule has 2 N–H and O–H groups in total. The summed E-state index contributed by atoms with van der Waals surface area (Å²) in [6, 6.07) is 0.714. The van der Waals surface area contributed by atoms with Gasteiger partial charge < -0.3 is 5.73 Å². The van der Waals surface area contributed by atoms with E-state index in [4.69, 9.17) is 5.73 Å². The fourth-order valence-electron chi connectivity index (χ4n) is 2.36. The second kappa shape index (κ2) is 6.17. The Kier molecular flexibility index (Phi) is 4.85. The quantitative estimate of drug-likeness (QED) is 0.805. The van der Waals surface area contributed by atoms with Crippen LogP contribution in [0.4, 0.5) is 0 Å². The van der Waals surface area contributed by atoms with Crippen LogP contribution in [0, 0.1) is 5.92 Å². The van der Waals surface area contributed by atoms with E-state index in [0.29, 0.717) is 6.04 Å². The Morgan fingerprint density at radius 1 is 1.12 bits per heavy atom. The number of carbonyl (C=O) groups excluding carboxylic acids is 1. The molecule has 0 bridgehead atoms. The van der Waals surface area contributed by atoms with E-state index in [1.807, 2.05) is 0 Å². The van der Waals surface area contributed by atoms with Gasteiger partial charge in [-0.1, -0.05) is 0 Å². The molecule has 0 saturated carbocycles. The summed E-state index contributed by atoms with van der Waals surface area (Å²) < 4.78 is 0. The molecule has 16 heavy (non-hydrogen) atoms. The lowest BCUT2D eigenvalue weighted by atomic mass is 9.95. The summed E-state index contributed by atoms with van der Waals surface area (Å²) in [4.78, 5) is 13.6. The van der Waals surface area contributed by atoms with E-state index >= 15 is 0 Å². The van der Waals surface area contributed by atoms with Gasteiger partial charge in [0.25, 0.3) is 0 Å². The molecule has 2 aliphatic heterocycles. The molecule has 1 amide bonds. The molecule has 5 heteroatoms. The summed E-state index contributed by atoms with van der Waals surface area (Å²) in [5.41, 5.74) is 5.35. The second-order valence-corrected chi connectivity index (χ2v) is 6.82. The van der Waals surface area contributed by atoms with Crippen molar-refractivity contribution in [2.75, 3.05) is 36.1 Å². The number of likely N-dealkylation sites (tertiary alicyclic amines) is 1. The molecule has 2 aliphatic rings. The van der Waals surface area contributed by atoms with Gasteiger partial charge in [0.15, 0.2) is 0 Å². The monoisotopic (exact) mass is 260 g/mol. The fraction of sp³-hybridized carbons (Fsp3) is 0.909. The molecule has 3 nitrogen and oxygen atoms in total. The molecule has 0 atom stereocenters. The molecule has 2 saturated heterocycles. The van der Waals surface area contributed by atoms with Gasteiger partial charge in [-0.2, -0.15) is 23.5 Å². The SMILES string of the molecule is NC(=O)C1CCN(C2CSCCSC2)CC1. The van der Waals surface area contributed by atoms with Crippen molar-refractivity contribution in [3.05, 3.63) is 0 Å². The van der Waals surface area contributed by atoms with Crippen molar-refractivity contribution >= 4 is 29.4 Å². The van der Waals surface area contributed by atoms with E-state index in [0.717, 1.165) is 25.9 Å². The topological polar surface area (TPSA) is 46.3 Å². The van der Waals surface area contributed by atoms with Gasteiger partial charge in [-0.15, -0.1) is 0 Å². The zero-order valence-corrected chi connectivity index (χ0v) is 11.2. The molecule has 0 aromatic rings. The third kappa shape index (κ3) is 3.31. The molecule has 0 aromatic carbocycles. The van der Waals surface area contributed by atoms with Crippen molar-refractivity contribution in [3.63, 3.8) is 0 Å². The van der Waals surface area contributed by atoms with Crippen LogP contribution in [-0.4, -0.2) is 52.9 Å². The highest BCUT2D eigenvalue weighted by Gasteiger charge is 2.27.